The first kappa shape index (κ1) is 53.3. The van der Waals surface area contributed by atoms with Gasteiger partial charge in [0.1, 0.15) is 23.9 Å². The van der Waals surface area contributed by atoms with E-state index in [9.17, 15) is 33.6 Å². The Balaban J connectivity index is 1.94. The lowest BCUT2D eigenvalue weighted by molar-refractivity contribution is -0.319. The number of carbonyl (C=O) groups excluding carboxylic acids is 1. The van der Waals surface area contributed by atoms with Crippen LogP contribution in [0.25, 0.3) is 0 Å². The number of nitrogens with zero attached hydrogens (tertiary/aromatic N) is 2. The highest BCUT2D eigenvalue weighted by Crippen LogP contribution is 2.42. The fourth-order valence-electron chi connectivity index (χ4n) is 9.69. The van der Waals surface area contributed by atoms with Crippen LogP contribution in [0.15, 0.2) is 34.3 Å². The second-order valence-corrected chi connectivity index (χ2v) is 20.8. The molecule has 3 aliphatic heterocycles. The van der Waals surface area contributed by atoms with Crippen molar-refractivity contribution < 1.29 is 66.8 Å². The molecule has 4 rings (SSSR count). The van der Waals surface area contributed by atoms with Crippen LogP contribution in [0.4, 0.5) is 0 Å². The van der Waals surface area contributed by atoms with Crippen LogP contribution >= 0.6 is 0 Å². The lowest BCUT2D eigenvalue weighted by Crippen LogP contribution is -2.61. The Morgan fingerprint density at radius 2 is 1.49 bits per heavy atom. The minimum atomic E-state index is -4.20. The van der Waals surface area contributed by atoms with Gasteiger partial charge in [-0.15, -0.1) is 0 Å². The van der Waals surface area contributed by atoms with Gasteiger partial charge in [0, 0.05) is 44.2 Å². The quantitative estimate of drug-likeness (QED) is 0.158. The van der Waals surface area contributed by atoms with E-state index in [1.54, 1.807) is 60.6 Å². The number of aryl methyl sites for hydroxylation is 1. The number of carbonyl (C=O) groups is 1. The van der Waals surface area contributed by atoms with E-state index >= 15 is 0 Å². The molecule has 3 aliphatic rings. The van der Waals surface area contributed by atoms with E-state index in [4.69, 9.17) is 33.2 Å². The van der Waals surface area contributed by atoms with Crippen molar-refractivity contribution in [1.82, 2.24) is 9.73 Å². The molecule has 3 saturated heterocycles. The van der Waals surface area contributed by atoms with Crippen LogP contribution < -0.4 is 4.83 Å². The van der Waals surface area contributed by atoms with Crippen molar-refractivity contribution in [2.24, 2.45) is 28.8 Å². The maximum absolute atomic E-state index is 14.5. The van der Waals surface area contributed by atoms with E-state index in [-0.39, 0.29) is 42.0 Å². The molecule has 1 aromatic carbocycles. The smallest absolute Gasteiger partial charge is 0.311 e. The third-order valence-electron chi connectivity index (χ3n) is 13.9. The van der Waals surface area contributed by atoms with E-state index in [1.165, 1.54) is 33.3 Å². The van der Waals surface area contributed by atoms with Gasteiger partial charge in [-0.3, -0.25) is 4.79 Å². The molecule has 3 fully saturated rings. The normalized spacial score (nSPS) is 43.3. The molecule has 0 unspecified atom stereocenters. The van der Waals surface area contributed by atoms with Crippen molar-refractivity contribution in [3.05, 3.63) is 29.8 Å². The molecular weight excluding hydrogens is 839 g/mol. The number of sulfonamides is 1. The first-order valence-corrected chi connectivity index (χ1v) is 23.7. The Bertz CT molecular complexity index is 1800. The molecule has 3 heterocycles. The van der Waals surface area contributed by atoms with Crippen molar-refractivity contribution in [1.29, 1.82) is 0 Å². The Morgan fingerprint density at radius 1 is 0.889 bits per heavy atom. The summed E-state index contributed by atoms with van der Waals surface area (Å²) in [5.41, 5.74) is -3.45. The summed E-state index contributed by atoms with van der Waals surface area (Å²) in [6.45, 7) is 19.0. The van der Waals surface area contributed by atoms with Crippen LogP contribution in [-0.4, -0.2) is 158 Å². The second-order valence-electron chi connectivity index (χ2n) is 19.2. The van der Waals surface area contributed by atoms with Gasteiger partial charge >= 0.3 is 5.97 Å². The van der Waals surface area contributed by atoms with Crippen LogP contribution in [0.2, 0.25) is 0 Å². The third-order valence-corrected chi connectivity index (χ3v) is 15.2. The van der Waals surface area contributed by atoms with Crippen LogP contribution in [0.1, 0.15) is 100 Å². The van der Waals surface area contributed by atoms with E-state index in [0.29, 0.717) is 6.42 Å². The number of hydrazone groups is 1. The molecule has 18 heteroatoms. The van der Waals surface area contributed by atoms with Gasteiger partial charge in [0.2, 0.25) is 0 Å². The van der Waals surface area contributed by atoms with Gasteiger partial charge in [0.25, 0.3) is 10.0 Å². The summed E-state index contributed by atoms with van der Waals surface area (Å²) in [4.78, 5) is 18.8. The van der Waals surface area contributed by atoms with Crippen molar-refractivity contribution in [3.8, 4) is 0 Å². The molecule has 1 aromatic rings. The summed E-state index contributed by atoms with van der Waals surface area (Å²) >= 11 is 0. The van der Waals surface area contributed by atoms with Crippen LogP contribution in [0, 0.1) is 30.6 Å². The molecule has 0 saturated carbocycles. The number of rotatable bonds is 11. The zero-order valence-electron chi connectivity index (χ0n) is 40.0. The van der Waals surface area contributed by atoms with Gasteiger partial charge in [0.15, 0.2) is 12.6 Å². The second kappa shape index (κ2) is 21.1. The van der Waals surface area contributed by atoms with Crippen molar-refractivity contribution in [3.63, 3.8) is 0 Å². The number of aliphatic hydroxyl groups excluding tert-OH is 3. The van der Waals surface area contributed by atoms with Crippen LogP contribution in [0.5, 0.6) is 0 Å². The highest BCUT2D eigenvalue weighted by Gasteiger charge is 2.54. The van der Waals surface area contributed by atoms with Crippen molar-refractivity contribution in [2.75, 3.05) is 28.3 Å². The largest absolute Gasteiger partial charge is 0.459 e. The van der Waals surface area contributed by atoms with Crippen molar-refractivity contribution >= 4 is 21.7 Å². The predicted molar refractivity (Wildman–Crippen MR) is 235 cm³/mol. The molecule has 0 spiro atoms. The number of esters is 1. The highest BCUT2D eigenvalue weighted by molar-refractivity contribution is 7.89. The van der Waals surface area contributed by atoms with Crippen molar-refractivity contribution in [2.45, 2.75) is 191 Å². The predicted octanol–water partition coefficient (Wildman–Crippen LogP) is 3.51. The van der Waals surface area contributed by atoms with Crippen LogP contribution in [0.3, 0.4) is 0 Å². The van der Waals surface area contributed by atoms with E-state index < -0.39 is 112 Å². The Labute approximate surface area is 375 Å². The summed E-state index contributed by atoms with van der Waals surface area (Å²) < 4.78 is 71.9. The number of methoxy groups -OCH3 is 2. The molecule has 0 bridgehead atoms. The van der Waals surface area contributed by atoms with Gasteiger partial charge in [-0.05, 0) is 99.9 Å². The molecule has 0 aliphatic carbocycles. The first-order chi connectivity index (χ1) is 29.2. The number of hydrogen-bond donors (Lipinski definition) is 5. The molecule has 5 N–H and O–H groups in total. The fraction of sp³-hybridized carbons (Fsp3) is 0.822. The SMILES string of the molecule is CC[C@H]1OC(=O)[C@H](C)[C@@H](O[C@H]2C[C@@](C)(OC)[C@@H](O)[C@H](C)O2)[C@H](C)[C@@H](O[C@H]2O[C@@H](C)C[C@@H](N(C)C)[C@@H]2O)[C@](C)(OC)C[C@@H](C)/C(=N/NS(=O)(=O)c2ccc(C)cc2)[C@H](C)[C@@H](O)[C@]1(C)O. The minimum Gasteiger partial charge on any atom is -0.459 e. The maximum atomic E-state index is 14.5. The summed E-state index contributed by atoms with van der Waals surface area (Å²) in [7, 11) is 2.52. The Kier molecular flexibility index (Phi) is 17.8. The number of nitrogens with one attached hydrogen (secondary N) is 1. The summed E-state index contributed by atoms with van der Waals surface area (Å²) in [6.07, 6.45) is -9.50. The van der Waals surface area contributed by atoms with E-state index in [2.05, 4.69) is 9.93 Å². The van der Waals surface area contributed by atoms with Gasteiger partial charge in [-0.25, -0.2) is 4.83 Å². The van der Waals surface area contributed by atoms with E-state index in [1.807, 2.05) is 39.8 Å². The van der Waals surface area contributed by atoms with Gasteiger partial charge in [-0.1, -0.05) is 45.4 Å². The molecule has 18 atom stereocenters. The number of benzene rings is 1. The minimum absolute atomic E-state index is 0.0266. The number of aliphatic hydroxyl groups is 4. The number of hydrogen-bond acceptors (Lipinski definition) is 16. The summed E-state index contributed by atoms with van der Waals surface area (Å²) in [5.74, 6) is -4.31. The zero-order valence-corrected chi connectivity index (χ0v) is 40.8. The monoisotopic (exact) mass is 916 g/mol. The molecule has 0 amide bonds. The van der Waals surface area contributed by atoms with Gasteiger partial charge in [-0.2, -0.15) is 13.5 Å². The lowest BCUT2D eigenvalue weighted by Gasteiger charge is -2.50. The Hall–Kier alpha value is -2.33. The summed E-state index contributed by atoms with van der Waals surface area (Å²) in [6, 6.07) is 5.92. The fourth-order valence-corrected chi connectivity index (χ4v) is 10.5. The first-order valence-electron chi connectivity index (χ1n) is 22.2. The molecule has 0 aromatic heterocycles. The molecule has 63 heavy (non-hydrogen) atoms. The standard InChI is InChI=1S/C45H77N3O14S/c1-16-33-45(11,53)38(50)27(5)35(46-47-63(54,55)31-19-17-24(2)18-20-31)25(3)22-44(10,57-15)40(62-42-36(49)32(48(12)13)21-26(4)58-42)28(6)37(29(7)41(52)60-33)61-34-23-43(9,56-14)39(51)30(8)59-34/h17-20,25-30,32-34,36-40,42,47,49-51,53H,16,21-23H2,1-15H3/b46-35-/t25-,26+,27+,28+,29-,30+,32-,33-,34+,36+,37+,38-,39+,40-,42-,43-,44-,45-/m1/s1. The topological polar surface area (TPSA) is 224 Å². The van der Waals surface area contributed by atoms with E-state index in [0.717, 1.165) is 5.56 Å². The zero-order chi connectivity index (χ0) is 47.6. The Morgan fingerprint density at radius 3 is 2.05 bits per heavy atom. The van der Waals surface area contributed by atoms with Gasteiger partial charge < -0.3 is 58.5 Å². The number of likely N-dealkylation sites (N-methyl/N-ethyl adjacent to an activating group) is 1. The number of ether oxygens (including phenoxy) is 7. The molecular formula is C45H77N3O14S. The lowest BCUT2D eigenvalue weighted by atomic mass is 9.73. The molecule has 17 nitrogen and oxygen atoms in total. The highest BCUT2D eigenvalue weighted by atomic mass is 32.2. The van der Waals surface area contributed by atoms with Gasteiger partial charge in [0.05, 0.1) is 52.5 Å². The maximum Gasteiger partial charge on any atom is 0.311 e. The average Bonchev–Trinajstić information content (AvgIpc) is 3.22. The van der Waals surface area contributed by atoms with Crippen LogP contribution in [-0.2, 0) is 48.0 Å². The summed E-state index contributed by atoms with van der Waals surface area (Å²) in [5, 5.41) is 51.5. The molecule has 362 valence electrons. The average molecular weight is 916 g/mol. The number of cyclic esters (lactones) is 1. The molecule has 0 radical (unpaired) electrons. The third kappa shape index (κ3) is 11.8.